The molecule has 0 aliphatic carbocycles. The Hall–Kier alpha value is -3.55. The maximum absolute atomic E-state index is 13.6. The molecular formula is C25H18Cl2N6O2S. The molecule has 0 radical (unpaired) electrons. The molecule has 0 bridgehead atoms. The minimum atomic E-state index is -1.65. The molecule has 3 aromatic heterocycles. The number of aliphatic hydroxyl groups is 1. The van der Waals surface area contributed by atoms with Crippen molar-refractivity contribution >= 4 is 44.8 Å². The van der Waals surface area contributed by atoms with Crippen LogP contribution < -0.4 is 5.56 Å². The summed E-state index contributed by atoms with van der Waals surface area (Å²) in [4.78, 5) is 22.9. The zero-order valence-electron chi connectivity index (χ0n) is 18.8. The third-order valence-corrected chi connectivity index (χ3v) is 7.85. The lowest BCUT2D eigenvalue weighted by molar-refractivity contribution is -0.0313. The van der Waals surface area contributed by atoms with E-state index < -0.39 is 11.6 Å². The molecule has 5 aromatic rings. The molecule has 3 heterocycles. The minimum absolute atomic E-state index is 0.0130. The number of hydrogen-bond acceptors (Lipinski definition) is 7. The van der Waals surface area contributed by atoms with Gasteiger partial charge in [0.2, 0.25) is 0 Å². The lowest BCUT2D eigenvalue weighted by atomic mass is 9.86. The molecule has 1 N–H and O–H groups in total. The van der Waals surface area contributed by atoms with Crippen molar-refractivity contribution in [1.29, 1.82) is 5.26 Å². The number of nitriles is 1. The highest BCUT2D eigenvalue weighted by molar-refractivity contribution is 7.22. The summed E-state index contributed by atoms with van der Waals surface area (Å²) in [5, 5.41) is 25.9. The van der Waals surface area contributed by atoms with Crippen LogP contribution in [0.15, 0.2) is 72.3 Å². The second-order valence-corrected chi connectivity index (χ2v) is 10.2. The molecule has 36 heavy (non-hydrogen) atoms. The summed E-state index contributed by atoms with van der Waals surface area (Å²) in [5.41, 5.74) is 0.444. The third kappa shape index (κ3) is 4.29. The molecule has 0 fully saturated rings. The number of hydrogen-bond donors (Lipinski definition) is 1. The van der Waals surface area contributed by atoms with Gasteiger partial charge in [0.05, 0.1) is 36.1 Å². The summed E-state index contributed by atoms with van der Waals surface area (Å²) in [7, 11) is 0. The Labute approximate surface area is 219 Å². The van der Waals surface area contributed by atoms with Crippen molar-refractivity contribution < 1.29 is 5.11 Å². The molecule has 0 saturated heterocycles. The second-order valence-electron chi connectivity index (χ2n) is 8.29. The first kappa shape index (κ1) is 24.2. The van der Waals surface area contributed by atoms with Gasteiger partial charge in [0, 0.05) is 20.5 Å². The van der Waals surface area contributed by atoms with Crippen LogP contribution in [0.1, 0.15) is 24.1 Å². The smallest absolute Gasteiger partial charge is 0.271 e. The Balaban J connectivity index is 1.61. The highest BCUT2D eigenvalue weighted by Gasteiger charge is 2.40. The maximum Gasteiger partial charge on any atom is 0.271 e. The highest BCUT2D eigenvalue weighted by Crippen LogP contribution is 2.39. The minimum Gasteiger partial charge on any atom is -0.381 e. The van der Waals surface area contributed by atoms with E-state index in [0.717, 1.165) is 10.4 Å². The largest absolute Gasteiger partial charge is 0.381 e. The molecule has 2 aromatic carbocycles. The average molecular weight is 537 g/mol. The molecule has 8 nitrogen and oxygen atoms in total. The van der Waals surface area contributed by atoms with E-state index in [1.165, 1.54) is 39.6 Å². The molecule has 0 amide bonds. The summed E-state index contributed by atoms with van der Waals surface area (Å²) >= 11 is 13.9. The van der Waals surface area contributed by atoms with Crippen LogP contribution in [0, 0.1) is 11.3 Å². The van der Waals surface area contributed by atoms with E-state index in [-0.39, 0.29) is 17.1 Å². The molecule has 0 spiro atoms. The van der Waals surface area contributed by atoms with Crippen molar-refractivity contribution in [2.75, 3.05) is 0 Å². The van der Waals surface area contributed by atoms with Crippen LogP contribution in [-0.2, 0) is 12.1 Å². The van der Waals surface area contributed by atoms with Crippen LogP contribution in [0.5, 0.6) is 0 Å². The predicted octanol–water partition coefficient (Wildman–Crippen LogP) is 5.04. The van der Waals surface area contributed by atoms with Gasteiger partial charge in [0.25, 0.3) is 5.56 Å². The quantitative estimate of drug-likeness (QED) is 0.325. The normalized spacial score (nSPS) is 13.9. The Morgan fingerprint density at radius 1 is 1.17 bits per heavy atom. The zero-order chi connectivity index (χ0) is 25.4. The van der Waals surface area contributed by atoms with E-state index in [1.807, 2.05) is 18.2 Å². The van der Waals surface area contributed by atoms with Gasteiger partial charge in [-0.05, 0) is 42.8 Å². The molecule has 0 unspecified atom stereocenters. The van der Waals surface area contributed by atoms with Gasteiger partial charge in [-0.2, -0.15) is 10.4 Å². The number of nitrogens with zero attached hydrogens (tertiary/aromatic N) is 6. The van der Waals surface area contributed by atoms with E-state index in [0.29, 0.717) is 26.4 Å². The molecule has 180 valence electrons. The van der Waals surface area contributed by atoms with Crippen LogP contribution in [0.3, 0.4) is 0 Å². The van der Waals surface area contributed by atoms with Crippen LogP contribution in [0.4, 0.5) is 0 Å². The molecule has 0 aliphatic heterocycles. The van der Waals surface area contributed by atoms with E-state index in [9.17, 15) is 9.90 Å². The Bertz CT molecular complexity index is 1660. The van der Waals surface area contributed by atoms with Gasteiger partial charge in [0.1, 0.15) is 23.0 Å². The number of aromatic nitrogens is 5. The van der Waals surface area contributed by atoms with Crippen molar-refractivity contribution in [3.8, 4) is 16.5 Å². The Kier molecular flexibility index (Phi) is 6.36. The lowest BCUT2D eigenvalue weighted by Crippen LogP contribution is -2.43. The molecule has 0 saturated carbocycles. The molecule has 5 rings (SSSR count). The topological polar surface area (TPSA) is 110 Å². The van der Waals surface area contributed by atoms with Gasteiger partial charge in [-0.1, -0.05) is 41.4 Å². The second kappa shape index (κ2) is 9.48. The number of fused-ring (bicyclic) bond motifs is 1. The fraction of sp³-hybridized carbons (Fsp3) is 0.160. The van der Waals surface area contributed by atoms with Crippen molar-refractivity contribution in [2.24, 2.45) is 0 Å². The molecular weight excluding hydrogens is 519 g/mol. The van der Waals surface area contributed by atoms with Crippen molar-refractivity contribution in [2.45, 2.75) is 25.1 Å². The van der Waals surface area contributed by atoms with E-state index >= 15 is 0 Å². The third-order valence-electron chi connectivity index (χ3n) is 6.14. The van der Waals surface area contributed by atoms with Crippen molar-refractivity contribution in [3.63, 3.8) is 0 Å². The fourth-order valence-electron chi connectivity index (χ4n) is 4.13. The van der Waals surface area contributed by atoms with Crippen LogP contribution >= 0.6 is 34.5 Å². The number of rotatable bonds is 6. The van der Waals surface area contributed by atoms with Gasteiger partial charge in [-0.3, -0.25) is 9.36 Å². The summed E-state index contributed by atoms with van der Waals surface area (Å²) in [6.45, 7) is 1.72. The zero-order valence-corrected chi connectivity index (χ0v) is 21.2. The van der Waals surface area contributed by atoms with E-state index in [2.05, 4.69) is 21.1 Å². The Morgan fingerprint density at radius 2 is 1.94 bits per heavy atom. The van der Waals surface area contributed by atoms with Crippen LogP contribution in [0.2, 0.25) is 10.0 Å². The Morgan fingerprint density at radius 3 is 2.61 bits per heavy atom. The lowest BCUT2D eigenvalue weighted by Gasteiger charge is -2.36. The number of thiophene rings is 1. The summed E-state index contributed by atoms with van der Waals surface area (Å²) in [6.07, 6.45) is 4.28. The SMILES string of the molecule is C[C@@H](n1cnc2cc(-c3ccc(C#N)cc3)sc2c1=O)[C@](O)(Cn1cncn1)c1ccc(Cl)cc1Cl. The van der Waals surface area contributed by atoms with Gasteiger partial charge in [-0.15, -0.1) is 11.3 Å². The maximum atomic E-state index is 13.6. The standard InChI is InChI=1S/C25H18Cl2N6O2S/c1-15(25(35,11-32-13-29-12-31-32)19-7-6-18(26)8-20(19)27)33-14-30-21-9-22(36-23(21)24(33)34)17-4-2-16(10-28)3-5-17/h2-9,12-15,35H,11H2,1H3/t15-,25-/m1/s1. The first-order valence-corrected chi connectivity index (χ1v) is 12.4. The predicted molar refractivity (Wildman–Crippen MR) is 139 cm³/mol. The van der Waals surface area contributed by atoms with Crippen LogP contribution in [0.25, 0.3) is 20.7 Å². The van der Waals surface area contributed by atoms with Gasteiger partial charge < -0.3 is 5.11 Å². The van der Waals surface area contributed by atoms with Crippen molar-refractivity contribution in [3.05, 3.63) is 99.0 Å². The fourth-order valence-corrected chi connectivity index (χ4v) is 5.75. The highest BCUT2D eigenvalue weighted by atomic mass is 35.5. The number of halogens is 2. The average Bonchev–Trinajstić information content (AvgIpc) is 3.54. The molecule has 11 heteroatoms. The first-order valence-electron chi connectivity index (χ1n) is 10.8. The molecule has 2 atom stereocenters. The van der Waals surface area contributed by atoms with Gasteiger partial charge in [0.15, 0.2) is 0 Å². The molecule has 0 aliphatic rings. The van der Waals surface area contributed by atoms with E-state index in [1.54, 1.807) is 37.3 Å². The van der Waals surface area contributed by atoms with Gasteiger partial charge in [-0.25, -0.2) is 14.6 Å². The first-order chi connectivity index (χ1) is 17.3. The summed E-state index contributed by atoms with van der Waals surface area (Å²) in [6, 6.07) is 15.1. The van der Waals surface area contributed by atoms with E-state index in [4.69, 9.17) is 28.5 Å². The summed E-state index contributed by atoms with van der Waals surface area (Å²) in [5.74, 6) is 0. The van der Waals surface area contributed by atoms with Crippen LogP contribution in [-0.4, -0.2) is 29.4 Å². The number of benzene rings is 2. The monoisotopic (exact) mass is 536 g/mol. The van der Waals surface area contributed by atoms with Crippen molar-refractivity contribution in [1.82, 2.24) is 24.3 Å². The van der Waals surface area contributed by atoms with Gasteiger partial charge >= 0.3 is 0 Å². The summed E-state index contributed by atoms with van der Waals surface area (Å²) < 4.78 is 3.34.